The molecular weight excluding hydrogens is 314 g/mol. The summed E-state index contributed by atoms with van der Waals surface area (Å²) in [6.45, 7) is 5.63. The Morgan fingerprint density at radius 3 is 2.44 bits per heavy atom. The van der Waals surface area contributed by atoms with Crippen LogP contribution in [0, 0.1) is 5.41 Å². The molecule has 0 radical (unpaired) electrons. The Labute approximate surface area is 109 Å². The summed E-state index contributed by atoms with van der Waals surface area (Å²) in [5, 5.41) is 0.259. The zero-order chi connectivity index (χ0) is 12.6. The molecule has 1 rings (SSSR count). The molecule has 0 aliphatic carbocycles. The Bertz CT molecular complexity index is 494. The largest absolute Gasteiger partial charge is 0.242 e. The van der Waals surface area contributed by atoms with Crippen LogP contribution < -0.4 is 0 Å². The second kappa shape index (κ2) is 4.63. The Morgan fingerprint density at radius 1 is 1.44 bits per heavy atom. The summed E-state index contributed by atoms with van der Waals surface area (Å²) >= 11 is 8.87. The van der Waals surface area contributed by atoms with E-state index < -0.39 is 9.84 Å². The first-order valence-corrected chi connectivity index (χ1v) is 7.48. The molecule has 0 aromatic carbocycles. The maximum Gasteiger partial charge on any atom is 0.180 e. The third-order valence-corrected chi connectivity index (χ3v) is 5.07. The summed E-state index contributed by atoms with van der Waals surface area (Å²) in [5.74, 6) is 0.0791. The molecule has 0 aliphatic heterocycles. The number of halogens is 2. The van der Waals surface area contributed by atoms with E-state index in [2.05, 4.69) is 20.9 Å². The van der Waals surface area contributed by atoms with E-state index >= 15 is 0 Å². The van der Waals surface area contributed by atoms with Gasteiger partial charge in [-0.25, -0.2) is 13.4 Å². The van der Waals surface area contributed by atoms with Gasteiger partial charge in [0.2, 0.25) is 0 Å². The van der Waals surface area contributed by atoms with E-state index in [1.807, 2.05) is 20.8 Å². The van der Waals surface area contributed by atoms with Crippen molar-refractivity contribution in [2.75, 3.05) is 5.75 Å². The standard InChI is InChI=1S/C10H13BrClNO2S/c1-10(2,3)6-16(14,15)7-4-8(11)9(12)13-5-7/h4-5H,6H2,1-3H3. The maximum absolute atomic E-state index is 12.0. The van der Waals surface area contributed by atoms with E-state index in [1.54, 1.807) is 0 Å². The summed E-state index contributed by atoms with van der Waals surface area (Å²) in [5.41, 5.74) is -0.287. The molecule has 0 spiro atoms. The lowest BCUT2D eigenvalue weighted by molar-refractivity contribution is 0.461. The average Bonchev–Trinajstić information content (AvgIpc) is 2.05. The van der Waals surface area contributed by atoms with E-state index in [9.17, 15) is 8.42 Å². The van der Waals surface area contributed by atoms with Crippen LogP contribution in [-0.4, -0.2) is 19.2 Å². The lowest BCUT2D eigenvalue weighted by Gasteiger charge is -2.17. The van der Waals surface area contributed by atoms with Crippen LogP contribution in [0.2, 0.25) is 5.15 Å². The average molecular weight is 327 g/mol. The van der Waals surface area contributed by atoms with Crippen LogP contribution in [0.3, 0.4) is 0 Å². The van der Waals surface area contributed by atoms with Gasteiger partial charge in [-0.3, -0.25) is 0 Å². The Morgan fingerprint density at radius 2 is 2.00 bits per heavy atom. The van der Waals surface area contributed by atoms with Crippen molar-refractivity contribution in [1.82, 2.24) is 4.98 Å². The molecule has 0 N–H and O–H groups in total. The maximum atomic E-state index is 12.0. The van der Waals surface area contributed by atoms with Gasteiger partial charge < -0.3 is 0 Å². The van der Waals surface area contributed by atoms with E-state index in [0.29, 0.717) is 4.47 Å². The van der Waals surface area contributed by atoms with E-state index in [1.165, 1.54) is 12.3 Å². The third kappa shape index (κ3) is 3.71. The third-order valence-electron chi connectivity index (χ3n) is 1.75. The summed E-state index contributed by atoms with van der Waals surface area (Å²) < 4.78 is 24.5. The fourth-order valence-electron chi connectivity index (χ4n) is 1.23. The van der Waals surface area contributed by atoms with Crippen LogP contribution in [-0.2, 0) is 9.84 Å². The van der Waals surface area contributed by atoms with Crippen molar-refractivity contribution in [2.24, 2.45) is 5.41 Å². The van der Waals surface area contributed by atoms with Crippen LogP contribution in [0.1, 0.15) is 20.8 Å². The summed E-state index contributed by atoms with van der Waals surface area (Å²) in [7, 11) is -3.31. The smallest absolute Gasteiger partial charge is 0.180 e. The summed E-state index contributed by atoms with van der Waals surface area (Å²) in [6, 6.07) is 1.48. The number of nitrogens with zero attached hydrogens (tertiary/aromatic N) is 1. The van der Waals surface area contributed by atoms with Gasteiger partial charge in [0.1, 0.15) is 5.15 Å². The molecule has 16 heavy (non-hydrogen) atoms. The second-order valence-corrected chi connectivity index (χ2v) is 7.97. The monoisotopic (exact) mass is 325 g/mol. The van der Waals surface area contributed by atoms with E-state index in [0.717, 1.165) is 0 Å². The van der Waals surface area contributed by atoms with Gasteiger partial charge in [-0.2, -0.15) is 0 Å². The van der Waals surface area contributed by atoms with E-state index in [-0.39, 0.29) is 21.2 Å². The lowest BCUT2D eigenvalue weighted by atomic mass is 10.0. The summed E-state index contributed by atoms with van der Waals surface area (Å²) in [6.07, 6.45) is 1.29. The fraction of sp³-hybridized carbons (Fsp3) is 0.500. The molecule has 1 aromatic rings. The molecule has 0 amide bonds. The van der Waals surface area contributed by atoms with Gasteiger partial charge in [0.25, 0.3) is 0 Å². The number of hydrogen-bond donors (Lipinski definition) is 0. The quantitative estimate of drug-likeness (QED) is 0.783. The highest BCUT2D eigenvalue weighted by atomic mass is 79.9. The number of pyridine rings is 1. The number of aromatic nitrogens is 1. The van der Waals surface area contributed by atoms with Crippen molar-refractivity contribution in [3.8, 4) is 0 Å². The topological polar surface area (TPSA) is 47.0 Å². The molecule has 0 saturated heterocycles. The molecule has 3 nitrogen and oxygen atoms in total. The van der Waals surface area contributed by atoms with Crippen molar-refractivity contribution in [2.45, 2.75) is 25.7 Å². The van der Waals surface area contributed by atoms with Crippen molar-refractivity contribution in [3.63, 3.8) is 0 Å². The first kappa shape index (κ1) is 13.9. The zero-order valence-corrected chi connectivity index (χ0v) is 12.4. The highest BCUT2D eigenvalue weighted by molar-refractivity contribution is 9.10. The van der Waals surface area contributed by atoms with Gasteiger partial charge >= 0.3 is 0 Å². The number of hydrogen-bond acceptors (Lipinski definition) is 3. The summed E-state index contributed by atoms with van der Waals surface area (Å²) in [4.78, 5) is 4.01. The van der Waals surface area contributed by atoms with Gasteiger partial charge in [-0.15, -0.1) is 0 Å². The van der Waals surface area contributed by atoms with Gasteiger partial charge in [0.15, 0.2) is 9.84 Å². The van der Waals surface area contributed by atoms with Crippen molar-refractivity contribution < 1.29 is 8.42 Å². The molecule has 0 saturated carbocycles. The molecule has 1 aromatic heterocycles. The Balaban J connectivity index is 3.13. The van der Waals surface area contributed by atoms with Crippen LogP contribution in [0.5, 0.6) is 0 Å². The van der Waals surface area contributed by atoms with Gasteiger partial charge in [0, 0.05) is 6.20 Å². The van der Waals surface area contributed by atoms with Crippen LogP contribution in [0.15, 0.2) is 21.6 Å². The minimum absolute atomic E-state index is 0.0791. The Hall–Kier alpha value is -0.130. The zero-order valence-electron chi connectivity index (χ0n) is 9.29. The van der Waals surface area contributed by atoms with Gasteiger partial charge in [-0.1, -0.05) is 32.4 Å². The van der Waals surface area contributed by atoms with Crippen molar-refractivity contribution in [1.29, 1.82) is 0 Å². The minimum Gasteiger partial charge on any atom is -0.242 e. The molecule has 0 aliphatic rings. The van der Waals surface area contributed by atoms with Gasteiger partial charge in [-0.05, 0) is 27.4 Å². The van der Waals surface area contributed by atoms with E-state index in [4.69, 9.17) is 11.6 Å². The molecule has 0 fully saturated rings. The Kier molecular flexibility index (Phi) is 4.03. The van der Waals surface area contributed by atoms with Crippen LogP contribution in [0.4, 0.5) is 0 Å². The van der Waals surface area contributed by atoms with Crippen LogP contribution in [0.25, 0.3) is 0 Å². The molecule has 0 atom stereocenters. The van der Waals surface area contributed by atoms with Crippen molar-refractivity contribution in [3.05, 3.63) is 21.9 Å². The number of sulfone groups is 1. The molecule has 1 heterocycles. The number of rotatable bonds is 2. The fourth-order valence-corrected chi connectivity index (χ4v) is 3.65. The minimum atomic E-state index is -3.31. The molecular formula is C10H13BrClNO2S. The van der Waals surface area contributed by atoms with Crippen LogP contribution >= 0.6 is 27.5 Å². The first-order valence-electron chi connectivity index (χ1n) is 4.66. The molecule has 90 valence electrons. The predicted molar refractivity (Wildman–Crippen MR) is 68.5 cm³/mol. The molecule has 0 unspecified atom stereocenters. The molecule has 0 bridgehead atoms. The highest BCUT2D eigenvalue weighted by Crippen LogP contribution is 2.26. The highest BCUT2D eigenvalue weighted by Gasteiger charge is 2.24. The SMILES string of the molecule is CC(C)(C)CS(=O)(=O)c1cnc(Cl)c(Br)c1. The second-order valence-electron chi connectivity index (χ2n) is 4.76. The normalized spacial score (nSPS) is 12.8. The van der Waals surface area contributed by atoms with Crippen molar-refractivity contribution >= 4 is 37.4 Å². The predicted octanol–water partition coefficient (Wildman–Crippen LogP) is 3.32. The first-order chi connectivity index (χ1) is 7.12. The lowest BCUT2D eigenvalue weighted by Crippen LogP contribution is -2.21. The van der Waals surface area contributed by atoms with Gasteiger partial charge in [0.05, 0.1) is 15.1 Å². The molecule has 6 heteroatoms.